The quantitative estimate of drug-likeness (QED) is 0.496. The maximum absolute atomic E-state index is 9.10. The van der Waals surface area contributed by atoms with E-state index in [0.29, 0.717) is 0 Å². The van der Waals surface area contributed by atoms with Crippen LogP contribution in [0.3, 0.4) is 0 Å². The molecule has 14 heavy (non-hydrogen) atoms. The molecule has 0 amide bonds. The first kappa shape index (κ1) is 11.8. The van der Waals surface area contributed by atoms with Crippen LogP contribution in [-0.4, -0.2) is 36.9 Å². The van der Waals surface area contributed by atoms with E-state index in [1.54, 1.807) is 17.1 Å². The minimum Gasteiger partial charge on any atom is -0.473 e. The Bertz CT molecular complexity index is 295. The van der Waals surface area contributed by atoms with Crippen LogP contribution in [0, 0.1) is 0 Å². The summed E-state index contributed by atoms with van der Waals surface area (Å²) in [4.78, 5) is 21.9. The smallest absolute Gasteiger partial charge is 0.414 e. The van der Waals surface area contributed by atoms with Gasteiger partial charge in [-0.2, -0.15) is 5.10 Å². The Morgan fingerprint density at radius 1 is 1.43 bits per heavy atom. The van der Waals surface area contributed by atoms with Crippen molar-refractivity contribution in [2.75, 3.05) is 0 Å². The highest BCUT2D eigenvalue weighted by Crippen LogP contribution is 1.77. The second-order valence-electron chi connectivity index (χ2n) is 2.02. The van der Waals surface area contributed by atoms with E-state index in [-0.39, 0.29) is 0 Å². The summed E-state index contributed by atoms with van der Waals surface area (Å²) in [5.41, 5.74) is 0. The number of carboxylic acids is 2. The van der Waals surface area contributed by atoms with Crippen LogP contribution in [0.25, 0.3) is 0 Å². The molecule has 0 saturated heterocycles. The van der Waals surface area contributed by atoms with E-state index in [4.69, 9.17) is 19.8 Å². The van der Waals surface area contributed by atoms with Crippen molar-refractivity contribution in [1.82, 2.24) is 14.8 Å². The van der Waals surface area contributed by atoms with Crippen molar-refractivity contribution in [1.29, 1.82) is 0 Å². The summed E-state index contributed by atoms with van der Waals surface area (Å²) >= 11 is 0. The van der Waals surface area contributed by atoms with E-state index in [1.807, 2.05) is 0 Å². The lowest BCUT2D eigenvalue weighted by molar-refractivity contribution is -0.159. The average molecular weight is 199 g/mol. The van der Waals surface area contributed by atoms with Gasteiger partial charge in [-0.05, 0) is 0 Å². The van der Waals surface area contributed by atoms with Gasteiger partial charge in [-0.1, -0.05) is 6.08 Å². The van der Waals surface area contributed by atoms with E-state index in [0.717, 1.165) is 6.54 Å². The van der Waals surface area contributed by atoms with Crippen molar-refractivity contribution < 1.29 is 19.8 Å². The van der Waals surface area contributed by atoms with E-state index >= 15 is 0 Å². The van der Waals surface area contributed by atoms with Crippen LogP contribution < -0.4 is 0 Å². The van der Waals surface area contributed by atoms with Gasteiger partial charge >= 0.3 is 11.9 Å². The second kappa shape index (κ2) is 6.35. The molecule has 7 nitrogen and oxygen atoms in total. The summed E-state index contributed by atoms with van der Waals surface area (Å²) in [7, 11) is 0. The van der Waals surface area contributed by atoms with Crippen molar-refractivity contribution in [2.45, 2.75) is 6.54 Å². The number of carboxylic acid groups (broad SMARTS) is 2. The fourth-order valence-electron chi connectivity index (χ4n) is 0.459. The fraction of sp³-hybridized carbons (Fsp3) is 0.143. The van der Waals surface area contributed by atoms with E-state index < -0.39 is 11.9 Å². The molecule has 0 unspecified atom stereocenters. The molecule has 0 aromatic carbocycles. The normalized spacial score (nSPS) is 8.29. The van der Waals surface area contributed by atoms with Gasteiger partial charge in [0.1, 0.15) is 12.7 Å². The summed E-state index contributed by atoms with van der Waals surface area (Å²) in [5, 5.41) is 18.6. The molecule has 0 aliphatic heterocycles. The number of aliphatic carboxylic acids is 2. The van der Waals surface area contributed by atoms with Gasteiger partial charge < -0.3 is 10.2 Å². The molecular weight excluding hydrogens is 190 g/mol. The standard InChI is InChI=1S/C5H7N3.C2H2O4/c1-2-3-8-5-6-4-7-8;3-1(4)2(5)6/h2,4-5H,1,3H2;(H,3,4)(H,5,6). The highest BCUT2D eigenvalue weighted by atomic mass is 16.4. The number of rotatable bonds is 2. The zero-order valence-electron chi connectivity index (χ0n) is 7.20. The molecule has 1 rings (SSSR count). The molecule has 1 heterocycles. The fourth-order valence-corrected chi connectivity index (χ4v) is 0.459. The lowest BCUT2D eigenvalue weighted by Gasteiger charge is -1.87. The monoisotopic (exact) mass is 199 g/mol. The van der Waals surface area contributed by atoms with Crippen LogP contribution in [0.15, 0.2) is 25.3 Å². The number of hydrogen-bond donors (Lipinski definition) is 2. The molecule has 1 aromatic rings. The summed E-state index contributed by atoms with van der Waals surface area (Å²) < 4.78 is 1.70. The van der Waals surface area contributed by atoms with Gasteiger partial charge in [-0.15, -0.1) is 6.58 Å². The average Bonchev–Trinajstić information content (AvgIpc) is 2.58. The minimum absolute atomic E-state index is 0.736. The van der Waals surface area contributed by atoms with Crippen molar-refractivity contribution in [3.05, 3.63) is 25.3 Å². The number of carbonyl (C=O) groups is 2. The molecule has 0 aliphatic rings. The van der Waals surface area contributed by atoms with Crippen molar-refractivity contribution in [3.63, 3.8) is 0 Å². The van der Waals surface area contributed by atoms with Crippen LogP contribution in [0.5, 0.6) is 0 Å². The van der Waals surface area contributed by atoms with Gasteiger partial charge in [0.05, 0.1) is 6.54 Å². The maximum Gasteiger partial charge on any atom is 0.414 e. The Morgan fingerprint density at radius 2 is 2.00 bits per heavy atom. The molecule has 0 radical (unpaired) electrons. The van der Waals surface area contributed by atoms with Crippen molar-refractivity contribution in [2.24, 2.45) is 0 Å². The van der Waals surface area contributed by atoms with E-state index in [1.165, 1.54) is 6.33 Å². The van der Waals surface area contributed by atoms with Crippen LogP contribution in [-0.2, 0) is 16.1 Å². The van der Waals surface area contributed by atoms with Crippen LogP contribution >= 0.6 is 0 Å². The lowest BCUT2D eigenvalue weighted by Crippen LogP contribution is -2.09. The molecule has 1 aromatic heterocycles. The number of nitrogens with zero attached hydrogens (tertiary/aromatic N) is 3. The van der Waals surface area contributed by atoms with E-state index in [9.17, 15) is 0 Å². The first-order valence-corrected chi connectivity index (χ1v) is 3.47. The van der Waals surface area contributed by atoms with Gasteiger partial charge in [0.2, 0.25) is 0 Å². The number of hydrogen-bond acceptors (Lipinski definition) is 4. The summed E-state index contributed by atoms with van der Waals surface area (Å²) in [5.74, 6) is -3.65. The predicted octanol–water partition coefficient (Wildman–Crippen LogP) is -0.380. The molecule has 0 atom stereocenters. The maximum atomic E-state index is 9.10. The molecular formula is C7H9N3O4. The Labute approximate surface area is 79.3 Å². The Kier molecular flexibility index (Phi) is 5.36. The second-order valence-corrected chi connectivity index (χ2v) is 2.02. The van der Waals surface area contributed by atoms with E-state index in [2.05, 4.69) is 16.7 Å². The minimum atomic E-state index is -1.82. The van der Waals surface area contributed by atoms with Crippen molar-refractivity contribution in [3.8, 4) is 0 Å². The topological polar surface area (TPSA) is 105 Å². The first-order chi connectivity index (χ1) is 6.57. The number of aromatic nitrogens is 3. The van der Waals surface area contributed by atoms with Gasteiger partial charge in [-0.3, -0.25) is 0 Å². The Hall–Kier alpha value is -2.18. The van der Waals surface area contributed by atoms with Crippen LogP contribution in [0.1, 0.15) is 0 Å². The molecule has 0 fully saturated rings. The molecule has 2 N–H and O–H groups in total. The van der Waals surface area contributed by atoms with Gasteiger partial charge in [-0.25, -0.2) is 19.3 Å². The predicted molar refractivity (Wildman–Crippen MR) is 45.5 cm³/mol. The highest BCUT2D eigenvalue weighted by Gasteiger charge is 2.04. The lowest BCUT2D eigenvalue weighted by atomic mass is 10.6. The summed E-state index contributed by atoms with van der Waals surface area (Å²) in [6.45, 7) is 4.28. The van der Waals surface area contributed by atoms with Gasteiger partial charge in [0.25, 0.3) is 0 Å². The molecule has 7 heteroatoms. The SMILES string of the molecule is C=CCn1cncn1.O=C(O)C(=O)O. The van der Waals surface area contributed by atoms with Crippen LogP contribution in [0.4, 0.5) is 0 Å². The third kappa shape index (κ3) is 5.47. The summed E-state index contributed by atoms with van der Waals surface area (Å²) in [6, 6.07) is 0. The summed E-state index contributed by atoms with van der Waals surface area (Å²) in [6.07, 6.45) is 4.93. The van der Waals surface area contributed by atoms with Gasteiger partial charge in [0, 0.05) is 0 Å². The first-order valence-electron chi connectivity index (χ1n) is 3.47. The third-order valence-corrected chi connectivity index (χ3v) is 0.966. The molecule has 76 valence electrons. The van der Waals surface area contributed by atoms with Gasteiger partial charge in [0.15, 0.2) is 0 Å². The third-order valence-electron chi connectivity index (χ3n) is 0.966. The molecule has 0 spiro atoms. The molecule has 0 saturated carbocycles. The number of allylic oxidation sites excluding steroid dienone is 1. The van der Waals surface area contributed by atoms with Crippen molar-refractivity contribution >= 4 is 11.9 Å². The molecule has 0 aliphatic carbocycles. The Morgan fingerprint density at radius 3 is 2.29 bits per heavy atom. The zero-order chi connectivity index (χ0) is 11.0. The zero-order valence-corrected chi connectivity index (χ0v) is 7.20. The molecule has 0 bridgehead atoms. The Balaban J connectivity index is 0.000000255. The van der Waals surface area contributed by atoms with Crippen LogP contribution in [0.2, 0.25) is 0 Å². The highest BCUT2D eigenvalue weighted by molar-refractivity contribution is 6.27. The largest absolute Gasteiger partial charge is 0.473 e.